The average molecular weight is 365 g/mol. The summed E-state index contributed by atoms with van der Waals surface area (Å²) in [5.41, 5.74) is 4.34. The number of rotatable bonds is 6. The number of ether oxygens (including phenoxy) is 2. The minimum atomic E-state index is -0.127. The van der Waals surface area contributed by atoms with Gasteiger partial charge in [0.05, 0.1) is 20.5 Å². The number of hydrogen-bond acceptors (Lipinski definition) is 4. The van der Waals surface area contributed by atoms with Gasteiger partial charge in [0, 0.05) is 35.2 Å². The summed E-state index contributed by atoms with van der Waals surface area (Å²) < 4.78 is 16.6. The highest BCUT2D eigenvalue weighted by atomic mass is 16.5. The van der Waals surface area contributed by atoms with E-state index in [1.165, 1.54) is 0 Å². The first kappa shape index (κ1) is 18.6. The van der Waals surface area contributed by atoms with Crippen molar-refractivity contribution in [2.75, 3.05) is 20.8 Å². The summed E-state index contributed by atoms with van der Waals surface area (Å²) in [4.78, 5) is 11.9. The standard InChI is InChI=1S/C22H23NO4/c1-5-23-22(24)9-14(2)17-11-18-19(13-27-21(18)12-20(17)26-4)15-7-6-8-16(10-15)25-3/h6-13H,5H2,1-4H3,(H,23,24)/b14-9+. The third-order valence-corrected chi connectivity index (χ3v) is 4.40. The van der Waals surface area contributed by atoms with E-state index >= 15 is 0 Å². The van der Waals surface area contributed by atoms with E-state index < -0.39 is 0 Å². The first-order valence-electron chi connectivity index (χ1n) is 8.77. The second-order valence-electron chi connectivity index (χ2n) is 6.15. The second-order valence-corrected chi connectivity index (χ2v) is 6.15. The Kier molecular flexibility index (Phi) is 5.50. The number of hydrogen-bond donors (Lipinski definition) is 1. The molecule has 0 aliphatic heterocycles. The van der Waals surface area contributed by atoms with Crippen LogP contribution >= 0.6 is 0 Å². The van der Waals surface area contributed by atoms with Gasteiger partial charge in [-0.15, -0.1) is 0 Å². The fourth-order valence-electron chi connectivity index (χ4n) is 3.05. The Labute approximate surface area is 158 Å². The van der Waals surface area contributed by atoms with Crippen molar-refractivity contribution < 1.29 is 18.7 Å². The molecule has 0 saturated carbocycles. The lowest BCUT2D eigenvalue weighted by molar-refractivity contribution is -0.116. The summed E-state index contributed by atoms with van der Waals surface area (Å²) in [7, 11) is 3.25. The normalized spacial score (nSPS) is 11.5. The largest absolute Gasteiger partial charge is 0.497 e. The van der Waals surface area contributed by atoms with Gasteiger partial charge in [0.1, 0.15) is 17.1 Å². The van der Waals surface area contributed by atoms with Crippen molar-refractivity contribution >= 4 is 22.4 Å². The lowest BCUT2D eigenvalue weighted by atomic mass is 9.99. The Balaban J connectivity index is 2.13. The molecule has 0 spiro atoms. The molecule has 0 saturated heterocycles. The van der Waals surface area contributed by atoms with Crippen LogP contribution in [0, 0.1) is 0 Å². The van der Waals surface area contributed by atoms with Gasteiger partial charge in [0.2, 0.25) is 5.91 Å². The van der Waals surface area contributed by atoms with E-state index in [2.05, 4.69) is 5.32 Å². The summed E-state index contributed by atoms with van der Waals surface area (Å²) >= 11 is 0. The molecule has 0 radical (unpaired) electrons. The highest BCUT2D eigenvalue weighted by molar-refractivity contribution is 6.00. The molecule has 1 N–H and O–H groups in total. The van der Waals surface area contributed by atoms with Gasteiger partial charge in [0.25, 0.3) is 0 Å². The molecule has 0 unspecified atom stereocenters. The second kappa shape index (κ2) is 7.99. The zero-order valence-corrected chi connectivity index (χ0v) is 16.0. The molecule has 0 bridgehead atoms. The molecule has 2 aromatic carbocycles. The number of carbonyl (C=O) groups is 1. The topological polar surface area (TPSA) is 60.7 Å². The summed E-state index contributed by atoms with van der Waals surface area (Å²) in [5.74, 6) is 1.31. The zero-order valence-electron chi connectivity index (χ0n) is 16.0. The molecule has 27 heavy (non-hydrogen) atoms. The molecule has 140 valence electrons. The van der Waals surface area contributed by atoms with Crippen LogP contribution in [0.3, 0.4) is 0 Å². The molecule has 0 aliphatic carbocycles. The Hall–Kier alpha value is -3.21. The van der Waals surface area contributed by atoms with Crippen molar-refractivity contribution in [1.82, 2.24) is 5.32 Å². The number of carbonyl (C=O) groups excluding carboxylic acids is 1. The van der Waals surface area contributed by atoms with Gasteiger partial charge >= 0.3 is 0 Å². The van der Waals surface area contributed by atoms with Crippen molar-refractivity contribution in [3.8, 4) is 22.6 Å². The van der Waals surface area contributed by atoms with Crippen molar-refractivity contribution in [3.05, 3.63) is 54.3 Å². The summed E-state index contributed by atoms with van der Waals surface area (Å²) in [5, 5.41) is 3.72. The van der Waals surface area contributed by atoms with Crippen LogP contribution in [0.5, 0.6) is 11.5 Å². The molecular formula is C22H23NO4. The SMILES string of the molecule is CCNC(=O)/C=C(\C)c1cc2c(-c3cccc(OC)c3)coc2cc1OC. The highest BCUT2D eigenvalue weighted by Gasteiger charge is 2.15. The molecule has 0 aliphatic rings. The smallest absolute Gasteiger partial charge is 0.244 e. The average Bonchev–Trinajstić information content (AvgIpc) is 3.10. The van der Waals surface area contributed by atoms with Crippen molar-refractivity contribution in [3.63, 3.8) is 0 Å². The molecule has 1 aromatic heterocycles. The van der Waals surface area contributed by atoms with Crippen LogP contribution in [-0.4, -0.2) is 26.7 Å². The molecule has 1 amide bonds. The number of methoxy groups -OCH3 is 2. The summed E-state index contributed by atoms with van der Waals surface area (Å²) in [6.07, 6.45) is 3.31. The van der Waals surface area contributed by atoms with Gasteiger partial charge in [-0.3, -0.25) is 4.79 Å². The van der Waals surface area contributed by atoms with Crippen LogP contribution in [0.1, 0.15) is 19.4 Å². The van der Waals surface area contributed by atoms with Gasteiger partial charge in [-0.1, -0.05) is 12.1 Å². The van der Waals surface area contributed by atoms with E-state index in [9.17, 15) is 4.79 Å². The van der Waals surface area contributed by atoms with Crippen LogP contribution in [0.25, 0.3) is 27.7 Å². The quantitative estimate of drug-likeness (QED) is 0.646. The minimum Gasteiger partial charge on any atom is -0.497 e. The van der Waals surface area contributed by atoms with E-state index in [4.69, 9.17) is 13.9 Å². The van der Waals surface area contributed by atoms with E-state index in [1.54, 1.807) is 26.6 Å². The van der Waals surface area contributed by atoms with Crippen molar-refractivity contribution in [1.29, 1.82) is 0 Å². The Bertz CT molecular complexity index is 1000. The van der Waals surface area contributed by atoms with Crippen LogP contribution in [0.2, 0.25) is 0 Å². The highest BCUT2D eigenvalue weighted by Crippen LogP contribution is 2.38. The number of fused-ring (bicyclic) bond motifs is 1. The monoisotopic (exact) mass is 365 g/mol. The minimum absolute atomic E-state index is 0.127. The zero-order chi connectivity index (χ0) is 19.4. The van der Waals surface area contributed by atoms with Crippen LogP contribution in [-0.2, 0) is 4.79 Å². The van der Waals surface area contributed by atoms with Gasteiger partial charge in [-0.25, -0.2) is 0 Å². The predicted molar refractivity (Wildman–Crippen MR) is 107 cm³/mol. The van der Waals surface area contributed by atoms with Crippen molar-refractivity contribution in [2.24, 2.45) is 0 Å². The van der Waals surface area contributed by atoms with Crippen LogP contribution in [0.15, 0.2) is 53.2 Å². The van der Waals surface area contributed by atoms with E-state index in [0.717, 1.165) is 39.0 Å². The number of furan rings is 1. The van der Waals surface area contributed by atoms with Gasteiger partial charge < -0.3 is 19.2 Å². The lowest BCUT2D eigenvalue weighted by Gasteiger charge is -2.10. The summed E-state index contributed by atoms with van der Waals surface area (Å²) in [6.45, 7) is 4.37. The van der Waals surface area contributed by atoms with Crippen molar-refractivity contribution in [2.45, 2.75) is 13.8 Å². The molecule has 5 nitrogen and oxygen atoms in total. The van der Waals surface area contributed by atoms with Gasteiger partial charge in [0.15, 0.2) is 0 Å². The molecule has 5 heteroatoms. The number of likely N-dealkylation sites (N-methyl/N-ethyl adjacent to an activating group) is 1. The molecule has 3 aromatic rings. The van der Waals surface area contributed by atoms with E-state index in [0.29, 0.717) is 12.3 Å². The molecular weight excluding hydrogens is 342 g/mol. The first-order valence-corrected chi connectivity index (χ1v) is 8.77. The summed E-state index contributed by atoms with van der Waals surface area (Å²) in [6, 6.07) is 11.7. The lowest BCUT2D eigenvalue weighted by Crippen LogP contribution is -2.20. The molecule has 0 fully saturated rings. The Morgan fingerprint density at radius 3 is 2.70 bits per heavy atom. The predicted octanol–water partition coefficient (Wildman–Crippen LogP) is 4.66. The van der Waals surface area contributed by atoms with Crippen LogP contribution in [0.4, 0.5) is 0 Å². The third-order valence-electron chi connectivity index (χ3n) is 4.40. The van der Waals surface area contributed by atoms with Crippen LogP contribution < -0.4 is 14.8 Å². The maximum atomic E-state index is 11.9. The maximum Gasteiger partial charge on any atom is 0.244 e. The van der Waals surface area contributed by atoms with Gasteiger partial charge in [-0.2, -0.15) is 0 Å². The molecule has 3 rings (SSSR count). The molecule has 1 heterocycles. The first-order chi connectivity index (χ1) is 13.1. The number of allylic oxidation sites excluding steroid dienone is 1. The molecule has 0 atom stereocenters. The maximum absolute atomic E-state index is 11.9. The van der Waals surface area contributed by atoms with Gasteiger partial charge in [-0.05, 0) is 43.2 Å². The fourth-order valence-corrected chi connectivity index (χ4v) is 3.05. The number of nitrogens with one attached hydrogen (secondary N) is 1. The van der Waals surface area contributed by atoms with E-state index in [-0.39, 0.29) is 5.91 Å². The number of amides is 1. The third kappa shape index (κ3) is 3.82. The Morgan fingerprint density at radius 2 is 2.00 bits per heavy atom. The van der Waals surface area contributed by atoms with E-state index in [1.807, 2.05) is 50.2 Å². The Morgan fingerprint density at radius 1 is 1.19 bits per heavy atom. The number of benzene rings is 2. The fraction of sp³-hybridized carbons (Fsp3) is 0.227.